The number of Topliss-reactive ketones (excluding diaryl/α,β-unsaturated/α-hetero) is 1. The lowest BCUT2D eigenvalue weighted by atomic mass is 9.97. The predicted molar refractivity (Wildman–Crippen MR) is 65.8 cm³/mol. The molecule has 16 heavy (non-hydrogen) atoms. The highest BCUT2D eigenvalue weighted by molar-refractivity contribution is 5.85. The Balaban J connectivity index is 0. The fourth-order valence-electron chi connectivity index (χ4n) is 1.29. The number of hydrogen-bond donors (Lipinski definition) is 2. The maximum absolute atomic E-state index is 11.4. The van der Waals surface area contributed by atoms with Crippen LogP contribution in [0.1, 0.15) is 46.0 Å². The van der Waals surface area contributed by atoms with Crippen molar-refractivity contribution in [3.05, 3.63) is 0 Å². The Kier molecular flexibility index (Phi) is 10.7. The molecule has 0 aliphatic rings. The number of carbonyl (C=O) groups is 2. The Hall–Kier alpha value is -0.610. The second-order valence-corrected chi connectivity index (χ2v) is 4.19. The summed E-state index contributed by atoms with van der Waals surface area (Å²) in [7, 11) is 0. The molecule has 0 fully saturated rings. The van der Waals surface area contributed by atoms with E-state index in [2.05, 4.69) is 0 Å². The highest BCUT2D eigenvalue weighted by Crippen LogP contribution is 2.08. The number of carboxylic acid groups (broad SMARTS) is 1. The van der Waals surface area contributed by atoms with Crippen molar-refractivity contribution < 1.29 is 14.7 Å². The van der Waals surface area contributed by atoms with Crippen LogP contribution in [0.15, 0.2) is 0 Å². The number of carboxylic acids is 1. The summed E-state index contributed by atoms with van der Waals surface area (Å²) in [6.45, 7) is 3.85. The van der Waals surface area contributed by atoms with Gasteiger partial charge in [-0.25, -0.2) is 0 Å². The van der Waals surface area contributed by atoms with Gasteiger partial charge in [0.15, 0.2) is 0 Å². The molecule has 0 saturated heterocycles. The topological polar surface area (TPSA) is 80.4 Å². The minimum atomic E-state index is -0.778. The SMILES string of the molecule is CC(C)C(N)C(=O)CCCCCC(=O)O.Cl. The monoisotopic (exact) mass is 251 g/mol. The quantitative estimate of drug-likeness (QED) is 0.647. The third kappa shape index (κ3) is 8.68. The second kappa shape index (κ2) is 9.60. The molecule has 0 amide bonds. The molecule has 0 radical (unpaired) electrons. The van der Waals surface area contributed by atoms with Crippen LogP contribution in [0, 0.1) is 5.92 Å². The van der Waals surface area contributed by atoms with Crippen molar-refractivity contribution in [1.82, 2.24) is 0 Å². The standard InChI is InChI=1S/C11H21NO3.ClH/c1-8(2)11(12)9(13)6-4-3-5-7-10(14)15;/h8,11H,3-7,12H2,1-2H3,(H,14,15);1H. The fraction of sp³-hybridized carbons (Fsp3) is 0.818. The number of hydrogen-bond acceptors (Lipinski definition) is 3. The Labute approximate surface area is 103 Å². The van der Waals surface area contributed by atoms with Gasteiger partial charge in [0.25, 0.3) is 0 Å². The van der Waals surface area contributed by atoms with Gasteiger partial charge in [-0.15, -0.1) is 12.4 Å². The molecular formula is C11H22ClNO3. The molecule has 3 N–H and O–H groups in total. The summed E-state index contributed by atoms with van der Waals surface area (Å²) in [6, 6.07) is -0.371. The second-order valence-electron chi connectivity index (χ2n) is 4.19. The van der Waals surface area contributed by atoms with Gasteiger partial charge in [0, 0.05) is 12.8 Å². The average Bonchev–Trinajstić information content (AvgIpc) is 2.15. The molecule has 0 aromatic heterocycles. The normalized spacial score (nSPS) is 12.0. The number of carbonyl (C=O) groups excluding carboxylic acids is 1. The van der Waals surface area contributed by atoms with Crippen LogP contribution in [0.25, 0.3) is 0 Å². The van der Waals surface area contributed by atoms with Crippen LogP contribution in [0.5, 0.6) is 0 Å². The zero-order valence-electron chi connectivity index (χ0n) is 9.94. The van der Waals surface area contributed by atoms with E-state index in [0.29, 0.717) is 12.8 Å². The largest absolute Gasteiger partial charge is 0.481 e. The van der Waals surface area contributed by atoms with Gasteiger partial charge in [-0.3, -0.25) is 9.59 Å². The fourth-order valence-corrected chi connectivity index (χ4v) is 1.29. The van der Waals surface area contributed by atoms with Crippen molar-refractivity contribution in [3.63, 3.8) is 0 Å². The van der Waals surface area contributed by atoms with Gasteiger partial charge in [0.1, 0.15) is 5.78 Å². The first-order chi connectivity index (χ1) is 6.95. The third-order valence-corrected chi connectivity index (χ3v) is 2.40. The summed E-state index contributed by atoms with van der Waals surface area (Å²) < 4.78 is 0. The summed E-state index contributed by atoms with van der Waals surface area (Å²) in [5, 5.41) is 8.40. The van der Waals surface area contributed by atoms with Gasteiger partial charge in [0.2, 0.25) is 0 Å². The van der Waals surface area contributed by atoms with Crippen LogP contribution in [0.2, 0.25) is 0 Å². The van der Waals surface area contributed by atoms with E-state index in [9.17, 15) is 9.59 Å². The number of nitrogens with two attached hydrogens (primary N) is 1. The Morgan fingerprint density at radius 2 is 1.62 bits per heavy atom. The lowest BCUT2D eigenvalue weighted by Gasteiger charge is -2.13. The first-order valence-corrected chi connectivity index (χ1v) is 5.45. The number of rotatable bonds is 8. The Bertz CT molecular complexity index is 219. The van der Waals surface area contributed by atoms with E-state index in [1.54, 1.807) is 0 Å². The van der Waals surface area contributed by atoms with E-state index in [0.717, 1.165) is 12.8 Å². The number of halogens is 1. The molecule has 1 unspecified atom stereocenters. The molecule has 0 spiro atoms. The smallest absolute Gasteiger partial charge is 0.303 e. The summed E-state index contributed by atoms with van der Waals surface area (Å²) in [4.78, 5) is 21.6. The van der Waals surface area contributed by atoms with Crippen molar-refractivity contribution in [2.45, 2.75) is 52.0 Å². The minimum absolute atomic E-state index is 0. The summed E-state index contributed by atoms with van der Waals surface area (Å²) in [6.07, 6.45) is 2.82. The molecule has 0 rings (SSSR count). The molecule has 0 aliphatic carbocycles. The number of aliphatic carboxylic acids is 1. The highest BCUT2D eigenvalue weighted by Gasteiger charge is 2.16. The van der Waals surface area contributed by atoms with Crippen molar-refractivity contribution in [2.24, 2.45) is 11.7 Å². The maximum Gasteiger partial charge on any atom is 0.303 e. The molecule has 0 heterocycles. The summed E-state index contributed by atoms with van der Waals surface area (Å²) >= 11 is 0. The van der Waals surface area contributed by atoms with Crippen LogP contribution in [-0.2, 0) is 9.59 Å². The van der Waals surface area contributed by atoms with Crippen molar-refractivity contribution in [3.8, 4) is 0 Å². The van der Waals surface area contributed by atoms with Crippen LogP contribution in [-0.4, -0.2) is 22.9 Å². The van der Waals surface area contributed by atoms with E-state index in [-0.39, 0.29) is 36.6 Å². The van der Waals surface area contributed by atoms with Gasteiger partial charge in [-0.2, -0.15) is 0 Å². The number of unbranched alkanes of at least 4 members (excludes halogenated alkanes) is 2. The zero-order chi connectivity index (χ0) is 11.8. The average molecular weight is 252 g/mol. The molecule has 0 bridgehead atoms. The van der Waals surface area contributed by atoms with Gasteiger partial charge < -0.3 is 10.8 Å². The van der Waals surface area contributed by atoms with Crippen LogP contribution < -0.4 is 5.73 Å². The molecule has 5 heteroatoms. The molecule has 0 aliphatic heterocycles. The first kappa shape index (κ1) is 17.8. The van der Waals surface area contributed by atoms with Crippen LogP contribution >= 0.6 is 12.4 Å². The molecule has 4 nitrogen and oxygen atoms in total. The highest BCUT2D eigenvalue weighted by atomic mass is 35.5. The lowest BCUT2D eigenvalue weighted by molar-refractivity contribution is -0.137. The first-order valence-electron chi connectivity index (χ1n) is 5.45. The van der Waals surface area contributed by atoms with Gasteiger partial charge >= 0.3 is 5.97 Å². The third-order valence-electron chi connectivity index (χ3n) is 2.40. The molecular weight excluding hydrogens is 230 g/mol. The minimum Gasteiger partial charge on any atom is -0.481 e. The summed E-state index contributed by atoms with van der Waals surface area (Å²) in [5.41, 5.74) is 5.68. The zero-order valence-corrected chi connectivity index (χ0v) is 10.8. The molecule has 96 valence electrons. The molecule has 0 aromatic rings. The van der Waals surface area contributed by atoms with Crippen molar-refractivity contribution in [1.29, 1.82) is 0 Å². The van der Waals surface area contributed by atoms with Crippen molar-refractivity contribution in [2.75, 3.05) is 0 Å². The predicted octanol–water partition coefficient (Wildman–Crippen LogP) is 2.00. The Morgan fingerprint density at radius 1 is 1.12 bits per heavy atom. The van der Waals surface area contributed by atoms with E-state index in [1.807, 2.05) is 13.8 Å². The van der Waals surface area contributed by atoms with Gasteiger partial charge in [0.05, 0.1) is 6.04 Å². The molecule has 0 saturated carbocycles. The van der Waals surface area contributed by atoms with Crippen LogP contribution in [0.3, 0.4) is 0 Å². The van der Waals surface area contributed by atoms with E-state index < -0.39 is 5.97 Å². The summed E-state index contributed by atoms with van der Waals surface area (Å²) in [5.74, 6) is -0.517. The van der Waals surface area contributed by atoms with Crippen LogP contribution in [0.4, 0.5) is 0 Å². The molecule has 0 aromatic carbocycles. The number of ketones is 1. The van der Waals surface area contributed by atoms with E-state index in [4.69, 9.17) is 10.8 Å². The van der Waals surface area contributed by atoms with Gasteiger partial charge in [-0.05, 0) is 18.8 Å². The lowest BCUT2D eigenvalue weighted by Crippen LogP contribution is -2.35. The maximum atomic E-state index is 11.4. The van der Waals surface area contributed by atoms with Gasteiger partial charge in [-0.1, -0.05) is 20.3 Å². The van der Waals surface area contributed by atoms with E-state index in [1.165, 1.54) is 0 Å². The Morgan fingerprint density at radius 3 is 2.06 bits per heavy atom. The molecule has 1 atom stereocenters. The van der Waals surface area contributed by atoms with Crippen molar-refractivity contribution >= 4 is 24.2 Å². The van der Waals surface area contributed by atoms with E-state index >= 15 is 0 Å².